The molecule has 0 amide bonds. The molecule has 1 rings (SSSR count). The molecule has 8 heavy (non-hydrogen) atoms. The molecule has 0 aromatic heterocycles. The lowest BCUT2D eigenvalue weighted by Crippen LogP contribution is -2.12. The van der Waals surface area contributed by atoms with Gasteiger partial charge in [-0.05, 0) is 0 Å². The minimum absolute atomic E-state index is 0.171. The second-order valence-electron chi connectivity index (χ2n) is 1.28. The first-order valence-corrected chi connectivity index (χ1v) is 2.03. The van der Waals surface area contributed by atoms with E-state index in [-0.39, 0.29) is 11.8 Å². The third kappa shape index (κ3) is 0.841. The molecule has 44 valence electrons. The fourth-order valence-corrected chi connectivity index (χ4v) is 0.352. The van der Waals surface area contributed by atoms with Crippen molar-refractivity contribution in [2.75, 3.05) is 0 Å². The molecule has 1 aliphatic rings. The minimum Gasteiger partial charge on any atom is -0.462 e. The number of hydrogen-bond donors (Lipinski definition) is 2. The van der Waals surface area contributed by atoms with Crippen LogP contribution in [0.5, 0.6) is 0 Å². The molecule has 0 atom stereocenters. The highest BCUT2D eigenvalue weighted by atomic mass is 16.6. The fraction of sp³-hybridized carbons (Fsp3) is 0. The third-order valence-electron chi connectivity index (χ3n) is 0.604. The highest BCUT2D eigenvalue weighted by Crippen LogP contribution is 2.01. The molecule has 0 aliphatic carbocycles. The summed E-state index contributed by atoms with van der Waals surface area (Å²) in [6.45, 7) is 0. The Labute approximate surface area is 46.4 Å². The van der Waals surface area contributed by atoms with E-state index < -0.39 is 0 Å². The van der Waals surface area contributed by atoms with E-state index in [1.54, 1.807) is 0 Å². The van der Waals surface area contributed by atoms with Gasteiger partial charge in [0, 0.05) is 0 Å². The van der Waals surface area contributed by atoms with Crippen LogP contribution in [0.1, 0.15) is 0 Å². The molecule has 0 aromatic carbocycles. The predicted molar refractivity (Wildman–Crippen MR) is 26.7 cm³/mol. The quantitative estimate of drug-likeness (QED) is 0.447. The second-order valence-corrected chi connectivity index (χ2v) is 1.28. The topological polar surface area (TPSA) is 70.5 Å². The van der Waals surface area contributed by atoms with E-state index in [2.05, 4.69) is 9.47 Å². The van der Waals surface area contributed by atoms with Gasteiger partial charge in [-0.3, -0.25) is 0 Å². The van der Waals surface area contributed by atoms with Gasteiger partial charge in [0.05, 0.1) is 0 Å². The van der Waals surface area contributed by atoms with Crippen molar-refractivity contribution in [3.63, 3.8) is 0 Å². The first-order chi connectivity index (χ1) is 3.79. The average molecular weight is 114 g/mol. The summed E-state index contributed by atoms with van der Waals surface area (Å²) >= 11 is 0. The molecule has 0 saturated heterocycles. The van der Waals surface area contributed by atoms with Crippen LogP contribution in [0.4, 0.5) is 0 Å². The van der Waals surface area contributed by atoms with Gasteiger partial charge < -0.3 is 20.9 Å². The molecule has 1 heterocycles. The van der Waals surface area contributed by atoms with Crippen LogP contribution in [-0.2, 0) is 9.47 Å². The molecule has 1 aliphatic heterocycles. The smallest absolute Gasteiger partial charge is 0.228 e. The van der Waals surface area contributed by atoms with E-state index in [1.165, 1.54) is 12.5 Å². The van der Waals surface area contributed by atoms with Gasteiger partial charge in [-0.1, -0.05) is 0 Å². The summed E-state index contributed by atoms with van der Waals surface area (Å²) in [7, 11) is 0. The van der Waals surface area contributed by atoms with Gasteiger partial charge in [0.2, 0.25) is 11.8 Å². The van der Waals surface area contributed by atoms with E-state index in [1.807, 2.05) is 0 Å². The molecular weight excluding hydrogens is 108 g/mol. The van der Waals surface area contributed by atoms with Crippen molar-refractivity contribution >= 4 is 0 Å². The van der Waals surface area contributed by atoms with Crippen LogP contribution < -0.4 is 11.5 Å². The van der Waals surface area contributed by atoms with E-state index in [0.717, 1.165) is 0 Å². The van der Waals surface area contributed by atoms with Crippen LogP contribution >= 0.6 is 0 Å². The van der Waals surface area contributed by atoms with E-state index >= 15 is 0 Å². The minimum atomic E-state index is 0.171. The van der Waals surface area contributed by atoms with Crippen LogP contribution in [0.3, 0.4) is 0 Å². The number of hydrogen-bond acceptors (Lipinski definition) is 4. The molecule has 4 heteroatoms. The van der Waals surface area contributed by atoms with Crippen molar-refractivity contribution < 1.29 is 9.47 Å². The Kier molecular flexibility index (Phi) is 0.997. The molecule has 0 spiro atoms. The third-order valence-corrected chi connectivity index (χ3v) is 0.604. The van der Waals surface area contributed by atoms with Crippen molar-refractivity contribution in [1.29, 1.82) is 0 Å². The maximum Gasteiger partial charge on any atom is 0.228 e. The second kappa shape index (κ2) is 1.65. The summed E-state index contributed by atoms with van der Waals surface area (Å²) in [5.41, 5.74) is 10.2. The Morgan fingerprint density at radius 2 is 1.62 bits per heavy atom. The summed E-state index contributed by atoms with van der Waals surface area (Å²) in [6.07, 6.45) is 2.52. The normalized spacial score (nSPS) is 17.5. The lowest BCUT2D eigenvalue weighted by Gasteiger charge is -2.07. The highest BCUT2D eigenvalue weighted by Gasteiger charge is 1.99. The molecule has 0 saturated carbocycles. The van der Waals surface area contributed by atoms with Gasteiger partial charge >= 0.3 is 0 Å². The molecule has 0 aromatic rings. The number of rotatable bonds is 0. The molecule has 0 radical (unpaired) electrons. The van der Waals surface area contributed by atoms with Crippen LogP contribution in [0, 0.1) is 0 Å². The first-order valence-electron chi connectivity index (χ1n) is 2.03. The summed E-state index contributed by atoms with van der Waals surface area (Å²) in [5, 5.41) is 0. The Morgan fingerprint density at radius 3 is 1.88 bits per heavy atom. The largest absolute Gasteiger partial charge is 0.462 e. The monoisotopic (exact) mass is 114 g/mol. The molecule has 0 unspecified atom stereocenters. The fourth-order valence-electron chi connectivity index (χ4n) is 0.352. The van der Waals surface area contributed by atoms with Gasteiger partial charge in [0.25, 0.3) is 0 Å². The van der Waals surface area contributed by atoms with Crippen LogP contribution in [0.25, 0.3) is 0 Å². The summed E-state index contributed by atoms with van der Waals surface area (Å²) in [6, 6.07) is 0. The zero-order chi connectivity index (χ0) is 5.98. The molecule has 4 N–H and O–H groups in total. The van der Waals surface area contributed by atoms with Gasteiger partial charge in [0.1, 0.15) is 0 Å². The van der Waals surface area contributed by atoms with E-state index in [0.29, 0.717) is 0 Å². The van der Waals surface area contributed by atoms with Gasteiger partial charge in [-0.25, -0.2) is 0 Å². The zero-order valence-electron chi connectivity index (χ0n) is 4.13. The van der Waals surface area contributed by atoms with Crippen LogP contribution in [-0.4, -0.2) is 0 Å². The average Bonchev–Trinajstić information content (AvgIpc) is 1.64. The van der Waals surface area contributed by atoms with Crippen molar-refractivity contribution in [1.82, 2.24) is 0 Å². The van der Waals surface area contributed by atoms with Gasteiger partial charge in [-0.2, -0.15) is 0 Å². The van der Waals surface area contributed by atoms with Crippen molar-refractivity contribution in [2.45, 2.75) is 0 Å². The summed E-state index contributed by atoms with van der Waals surface area (Å²) < 4.78 is 9.23. The molecule has 0 fully saturated rings. The van der Waals surface area contributed by atoms with Crippen LogP contribution in [0.2, 0.25) is 0 Å². The lowest BCUT2D eigenvalue weighted by atomic mass is 10.8. The molecule has 4 nitrogen and oxygen atoms in total. The Balaban J connectivity index is 2.57. The SMILES string of the molecule is NC1=COC=C(N)O1. The number of ether oxygens (including phenoxy) is 2. The Hall–Kier alpha value is -1.32. The van der Waals surface area contributed by atoms with Crippen molar-refractivity contribution in [3.8, 4) is 0 Å². The standard InChI is InChI=1S/C4H6N2O2/c5-3-1-7-2-4(6)8-3/h1-2H,5-6H2. The number of nitrogens with two attached hydrogens (primary N) is 2. The summed E-state index contributed by atoms with van der Waals surface area (Å²) in [4.78, 5) is 0. The Morgan fingerprint density at radius 1 is 1.12 bits per heavy atom. The first kappa shape index (κ1) is 4.83. The van der Waals surface area contributed by atoms with Crippen molar-refractivity contribution in [3.05, 3.63) is 24.3 Å². The van der Waals surface area contributed by atoms with Gasteiger partial charge in [-0.15, -0.1) is 0 Å². The zero-order valence-corrected chi connectivity index (χ0v) is 4.13. The molecule has 0 bridgehead atoms. The summed E-state index contributed by atoms with van der Waals surface area (Å²) in [5.74, 6) is 0.343. The van der Waals surface area contributed by atoms with E-state index in [4.69, 9.17) is 11.5 Å². The maximum atomic E-state index is 5.12. The van der Waals surface area contributed by atoms with Crippen molar-refractivity contribution in [2.24, 2.45) is 11.5 Å². The molecular formula is C4H6N2O2. The predicted octanol–water partition coefficient (Wildman–Crippen LogP) is -0.452. The highest BCUT2D eigenvalue weighted by molar-refractivity contribution is 4.95. The van der Waals surface area contributed by atoms with E-state index in [9.17, 15) is 0 Å². The lowest BCUT2D eigenvalue weighted by molar-refractivity contribution is 0.218. The van der Waals surface area contributed by atoms with Gasteiger partial charge in [0.15, 0.2) is 12.5 Å². The Bertz CT molecular complexity index is 134. The van der Waals surface area contributed by atoms with Crippen LogP contribution in [0.15, 0.2) is 24.3 Å². The maximum absolute atomic E-state index is 5.12.